The van der Waals surface area contributed by atoms with Crippen molar-refractivity contribution in [2.75, 3.05) is 11.1 Å². The van der Waals surface area contributed by atoms with Gasteiger partial charge in [0.15, 0.2) is 9.84 Å². The van der Waals surface area contributed by atoms with Gasteiger partial charge in [0.1, 0.15) is 5.82 Å². The molecule has 122 valence electrons. The summed E-state index contributed by atoms with van der Waals surface area (Å²) in [4.78, 5) is 11.9. The van der Waals surface area contributed by atoms with E-state index < -0.39 is 21.6 Å². The molecule has 2 aromatic rings. The number of hydrogen-bond acceptors (Lipinski definition) is 5. The van der Waals surface area contributed by atoms with Crippen LogP contribution < -0.4 is 5.32 Å². The van der Waals surface area contributed by atoms with E-state index in [0.29, 0.717) is 5.88 Å². The van der Waals surface area contributed by atoms with E-state index in [4.69, 9.17) is 4.52 Å². The molecule has 23 heavy (non-hydrogen) atoms. The van der Waals surface area contributed by atoms with Crippen molar-refractivity contribution in [1.82, 2.24) is 5.16 Å². The predicted molar refractivity (Wildman–Crippen MR) is 80.2 cm³/mol. The third-order valence-electron chi connectivity index (χ3n) is 3.73. The first kappa shape index (κ1) is 15.7. The minimum absolute atomic E-state index is 0.00717. The number of nitrogens with zero attached hydrogens (tertiary/aromatic N) is 1. The van der Waals surface area contributed by atoms with Crippen LogP contribution >= 0.6 is 0 Å². The monoisotopic (exact) mass is 338 g/mol. The van der Waals surface area contributed by atoms with E-state index in [2.05, 4.69) is 10.5 Å². The van der Waals surface area contributed by atoms with Gasteiger partial charge in [-0.15, -0.1) is 0 Å². The number of rotatable bonds is 5. The molecule has 0 radical (unpaired) electrons. The summed E-state index contributed by atoms with van der Waals surface area (Å²) in [6.07, 6.45) is 2.38. The molecule has 1 aromatic carbocycles. The molecular weight excluding hydrogens is 323 g/mol. The molecule has 0 saturated carbocycles. The lowest BCUT2D eigenvalue weighted by Gasteiger charge is -2.05. The number of benzene rings is 1. The highest BCUT2D eigenvalue weighted by atomic mass is 32.2. The van der Waals surface area contributed by atoms with Gasteiger partial charge >= 0.3 is 0 Å². The fourth-order valence-corrected chi connectivity index (χ4v) is 3.74. The second-order valence-corrected chi connectivity index (χ2v) is 7.47. The van der Waals surface area contributed by atoms with Crippen LogP contribution in [0.2, 0.25) is 0 Å². The fourth-order valence-electron chi connectivity index (χ4n) is 2.50. The minimum Gasteiger partial charge on any atom is -0.338 e. The maximum Gasteiger partial charge on any atom is 0.234 e. The Hall–Kier alpha value is -2.22. The molecule has 0 aliphatic heterocycles. The maximum atomic E-state index is 12.8. The molecule has 0 spiro atoms. The van der Waals surface area contributed by atoms with Gasteiger partial charge in [-0.05, 0) is 43.5 Å². The Morgan fingerprint density at radius 3 is 2.74 bits per heavy atom. The zero-order valence-electron chi connectivity index (χ0n) is 12.2. The van der Waals surface area contributed by atoms with Crippen LogP contribution in [-0.4, -0.2) is 25.2 Å². The van der Waals surface area contributed by atoms with Gasteiger partial charge in [-0.3, -0.25) is 10.1 Å². The lowest BCUT2D eigenvalue weighted by atomic mass is 10.2. The maximum absolute atomic E-state index is 12.8. The van der Waals surface area contributed by atoms with Crippen molar-refractivity contribution < 1.29 is 22.1 Å². The summed E-state index contributed by atoms with van der Waals surface area (Å²) in [5, 5.41) is 6.43. The number of aryl methyl sites for hydroxylation is 1. The highest BCUT2D eigenvalue weighted by molar-refractivity contribution is 7.91. The van der Waals surface area contributed by atoms with Crippen molar-refractivity contribution in [2.24, 2.45) is 0 Å². The Labute approximate surface area is 132 Å². The van der Waals surface area contributed by atoms with Crippen molar-refractivity contribution in [3.8, 4) is 0 Å². The van der Waals surface area contributed by atoms with Crippen molar-refractivity contribution in [3.63, 3.8) is 0 Å². The van der Waals surface area contributed by atoms with Crippen molar-refractivity contribution in [2.45, 2.75) is 30.6 Å². The number of halogens is 1. The van der Waals surface area contributed by atoms with E-state index in [9.17, 15) is 17.6 Å². The smallest absolute Gasteiger partial charge is 0.234 e. The van der Waals surface area contributed by atoms with Crippen LogP contribution in [0.15, 0.2) is 33.7 Å². The van der Waals surface area contributed by atoms with E-state index >= 15 is 0 Å². The zero-order valence-corrected chi connectivity index (χ0v) is 13.0. The Bertz CT molecular complexity index is 828. The Morgan fingerprint density at radius 2 is 2.00 bits per heavy atom. The van der Waals surface area contributed by atoms with E-state index in [1.54, 1.807) is 0 Å². The van der Waals surface area contributed by atoms with Gasteiger partial charge in [-0.1, -0.05) is 5.16 Å². The molecule has 0 fully saturated rings. The van der Waals surface area contributed by atoms with Gasteiger partial charge < -0.3 is 4.52 Å². The molecule has 6 nitrogen and oxygen atoms in total. The van der Waals surface area contributed by atoms with E-state index in [1.807, 2.05) is 0 Å². The number of carbonyl (C=O) groups excluding carboxylic acids is 1. The predicted octanol–water partition coefficient (Wildman–Crippen LogP) is 2.10. The summed E-state index contributed by atoms with van der Waals surface area (Å²) in [5.74, 6) is -1.02. The average molecular weight is 338 g/mol. The third-order valence-corrected chi connectivity index (χ3v) is 5.47. The normalized spacial score (nSPS) is 13.8. The second kappa shape index (κ2) is 6.11. The Morgan fingerprint density at radius 1 is 1.26 bits per heavy atom. The Kier molecular flexibility index (Phi) is 4.16. The highest BCUT2D eigenvalue weighted by Crippen LogP contribution is 2.28. The molecule has 8 heteroatoms. The summed E-state index contributed by atoms with van der Waals surface area (Å²) in [7, 11) is -3.64. The first-order valence-corrected chi connectivity index (χ1v) is 8.86. The number of anilines is 1. The first-order chi connectivity index (χ1) is 11.0. The molecule has 3 rings (SSSR count). The SMILES string of the molecule is O=C(CCS(=O)(=O)c1ccc(F)cc1)Nc1onc2c1CCC2. The molecule has 1 aliphatic rings. The standard InChI is InChI=1S/C15H15FN2O4S/c16-10-4-6-11(7-5-10)23(20,21)9-8-14(19)17-15-12-2-1-3-13(12)18-22-15/h4-7H,1-3,8-9H2,(H,17,19). The van der Waals surface area contributed by atoms with Crippen LogP contribution in [-0.2, 0) is 27.5 Å². The number of hydrogen-bond donors (Lipinski definition) is 1. The van der Waals surface area contributed by atoms with Crippen LogP contribution in [0.3, 0.4) is 0 Å². The Balaban J connectivity index is 1.61. The van der Waals surface area contributed by atoms with Gasteiger partial charge in [0.2, 0.25) is 11.8 Å². The molecule has 0 atom stereocenters. The summed E-state index contributed by atoms with van der Waals surface area (Å²) in [5.41, 5.74) is 1.74. The number of fused-ring (bicyclic) bond motifs is 1. The molecule has 1 heterocycles. The quantitative estimate of drug-likeness (QED) is 0.843. The first-order valence-electron chi connectivity index (χ1n) is 7.21. The number of aromatic nitrogens is 1. The second-order valence-electron chi connectivity index (χ2n) is 5.36. The molecule has 0 bridgehead atoms. The molecular formula is C15H15FN2O4S. The minimum atomic E-state index is -3.64. The van der Waals surface area contributed by atoms with E-state index in [-0.39, 0.29) is 17.1 Å². The highest BCUT2D eigenvalue weighted by Gasteiger charge is 2.23. The largest absolute Gasteiger partial charge is 0.338 e. The number of nitrogens with one attached hydrogen (secondary N) is 1. The molecule has 1 aromatic heterocycles. The van der Waals surface area contributed by atoms with Crippen molar-refractivity contribution >= 4 is 21.6 Å². The molecule has 0 saturated heterocycles. The van der Waals surface area contributed by atoms with Crippen LogP contribution in [0, 0.1) is 5.82 Å². The summed E-state index contributed by atoms with van der Waals surface area (Å²) < 4.78 is 42.1. The lowest BCUT2D eigenvalue weighted by Crippen LogP contribution is -2.17. The lowest BCUT2D eigenvalue weighted by molar-refractivity contribution is -0.116. The van der Waals surface area contributed by atoms with Crippen LogP contribution in [0.4, 0.5) is 10.3 Å². The number of carbonyl (C=O) groups is 1. The van der Waals surface area contributed by atoms with Gasteiger partial charge in [-0.2, -0.15) is 0 Å². The molecule has 1 N–H and O–H groups in total. The van der Waals surface area contributed by atoms with E-state index in [0.717, 1.165) is 42.7 Å². The molecule has 0 unspecified atom stereocenters. The zero-order chi connectivity index (χ0) is 16.4. The number of amides is 1. The van der Waals surface area contributed by atoms with Crippen molar-refractivity contribution in [3.05, 3.63) is 41.3 Å². The summed E-state index contributed by atoms with van der Waals surface area (Å²) in [6.45, 7) is 0. The van der Waals surface area contributed by atoms with Gasteiger partial charge in [0.25, 0.3) is 0 Å². The van der Waals surface area contributed by atoms with Crippen LogP contribution in [0.1, 0.15) is 24.1 Å². The van der Waals surface area contributed by atoms with Crippen LogP contribution in [0.5, 0.6) is 0 Å². The molecule has 1 aliphatic carbocycles. The summed E-state index contributed by atoms with van der Waals surface area (Å²) in [6, 6.07) is 4.52. The van der Waals surface area contributed by atoms with Gasteiger partial charge in [0, 0.05) is 12.0 Å². The topological polar surface area (TPSA) is 89.3 Å². The average Bonchev–Trinajstić information content (AvgIpc) is 3.11. The third kappa shape index (κ3) is 3.42. The van der Waals surface area contributed by atoms with E-state index in [1.165, 1.54) is 12.1 Å². The van der Waals surface area contributed by atoms with Crippen molar-refractivity contribution in [1.29, 1.82) is 0 Å². The summed E-state index contributed by atoms with van der Waals surface area (Å²) >= 11 is 0. The van der Waals surface area contributed by atoms with Crippen LogP contribution in [0.25, 0.3) is 0 Å². The number of sulfone groups is 1. The van der Waals surface area contributed by atoms with Gasteiger partial charge in [-0.25, -0.2) is 12.8 Å². The van der Waals surface area contributed by atoms with Gasteiger partial charge in [0.05, 0.1) is 16.3 Å². The fraction of sp³-hybridized carbons (Fsp3) is 0.333. The molecule has 1 amide bonds.